The highest BCUT2D eigenvalue weighted by molar-refractivity contribution is 5.82. The smallest absolute Gasteiger partial charge is 0.333 e. The summed E-state index contributed by atoms with van der Waals surface area (Å²) in [6, 6.07) is 1.94. The Morgan fingerprint density at radius 1 is 1.67 bits per heavy atom. The number of methoxy groups -OCH3 is 1. The Labute approximate surface area is 88.4 Å². The highest BCUT2D eigenvalue weighted by Crippen LogP contribution is 2.36. The highest BCUT2D eigenvalue weighted by atomic mass is 16.5. The van der Waals surface area contributed by atoms with E-state index in [1.165, 1.54) is 7.11 Å². The van der Waals surface area contributed by atoms with Crippen molar-refractivity contribution in [2.45, 2.75) is 31.7 Å². The molecular formula is C11H15NO3. The van der Waals surface area contributed by atoms with Crippen molar-refractivity contribution in [1.82, 2.24) is 0 Å². The lowest BCUT2D eigenvalue weighted by atomic mass is 9.82. The Morgan fingerprint density at radius 2 is 2.40 bits per heavy atom. The maximum atomic E-state index is 11.7. The second-order valence-corrected chi connectivity index (χ2v) is 4.03. The third kappa shape index (κ3) is 1.45. The molecule has 0 spiro atoms. The van der Waals surface area contributed by atoms with Crippen LogP contribution in [0.25, 0.3) is 0 Å². The van der Waals surface area contributed by atoms with Crippen LogP contribution in [0, 0.1) is 6.92 Å². The Bertz CT molecular complexity index is 397. The fourth-order valence-corrected chi connectivity index (χ4v) is 2.18. The first kappa shape index (κ1) is 10.2. The maximum Gasteiger partial charge on any atom is 0.333 e. The Kier molecular flexibility index (Phi) is 2.31. The molecule has 1 heterocycles. The van der Waals surface area contributed by atoms with E-state index in [1.54, 1.807) is 0 Å². The molecule has 0 aromatic carbocycles. The van der Waals surface area contributed by atoms with Crippen molar-refractivity contribution in [3.05, 3.63) is 23.2 Å². The summed E-state index contributed by atoms with van der Waals surface area (Å²) in [5.74, 6) is 0.955. The molecule has 4 nitrogen and oxygen atoms in total. The lowest BCUT2D eigenvalue weighted by Crippen LogP contribution is -2.47. The Balaban J connectivity index is 2.48. The molecule has 1 aliphatic carbocycles. The van der Waals surface area contributed by atoms with Crippen LogP contribution in [0.3, 0.4) is 0 Å². The molecule has 0 radical (unpaired) electrons. The molecule has 0 aliphatic heterocycles. The molecule has 0 fully saturated rings. The molecule has 1 aromatic rings. The predicted molar refractivity (Wildman–Crippen MR) is 54.3 cm³/mol. The van der Waals surface area contributed by atoms with Gasteiger partial charge in [0.15, 0.2) is 5.54 Å². The SMILES string of the molecule is COC(=O)C1(N)CCCc2cc(C)oc21. The van der Waals surface area contributed by atoms with Crippen LogP contribution < -0.4 is 5.73 Å². The normalized spacial score (nSPS) is 24.7. The predicted octanol–water partition coefficient (Wildman–Crippen LogP) is 1.25. The third-order valence-electron chi connectivity index (χ3n) is 2.90. The average Bonchev–Trinajstić information content (AvgIpc) is 2.59. The number of fused-ring (bicyclic) bond motifs is 1. The summed E-state index contributed by atoms with van der Waals surface area (Å²) in [5, 5.41) is 0. The van der Waals surface area contributed by atoms with Crippen LogP contribution in [0.2, 0.25) is 0 Å². The summed E-state index contributed by atoms with van der Waals surface area (Å²) in [5.41, 5.74) is 6.02. The molecule has 1 unspecified atom stereocenters. The molecular weight excluding hydrogens is 194 g/mol. The van der Waals surface area contributed by atoms with Crippen LogP contribution in [-0.4, -0.2) is 13.1 Å². The van der Waals surface area contributed by atoms with Crippen LogP contribution in [0.1, 0.15) is 29.9 Å². The molecule has 1 aromatic heterocycles. The van der Waals surface area contributed by atoms with Crippen molar-refractivity contribution in [2.75, 3.05) is 7.11 Å². The van der Waals surface area contributed by atoms with Gasteiger partial charge in [0.2, 0.25) is 0 Å². The van der Waals surface area contributed by atoms with Gasteiger partial charge in [0.05, 0.1) is 7.11 Å². The van der Waals surface area contributed by atoms with Crippen molar-refractivity contribution in [3.63, 3.8) is 0 Å². The number of carbonyl (C=O) groups is 1. The van der Waals surface area contributed by atoms with Crippen LogP contribution in [0.4, 0.5) is 0 Å². The van der Waals surface area contributed by atoms with Crippen molar-refractivity contribution in [3.8, 4) is 0 Å². The summed E-state index contributed by atoms with van der Waals surface area (Å²) >= 11 is 0. The van der Waals surface area contributed by atoms with E-state index in [9.17, 15) is 4.79 Å². The molecule has 1 aliphatic rings. The van der Waals surface area contributed by atoms with Gasteiger partial charge in [-0.1, -0.05) is 0 Å². The van der Waals surface area contributed by atoms with E-state index in [-0.39, 0.29) is 0 Å². The number of carbonyl (C=O) groups excluding carboxylic acids is 1. The zero-order valence-electron chi connectivity index (χ0n) is 9.00. The van der Waals surface area contributed by atoms with Crippen molar-refractivity contribution in [1.29, 1.82) is 0 Å². The molecule has 2 N–H and O–H groups in total. The summed E-state index contributed by atoms with van der Waals surface area (Å²) < 4.78 is 10.3. The second kappa shape index (κ2) is 3.38. The number of furan rings is 1. The first-order chi connectivity index (χ1) is 7.08. The molecule has 1 atom stereocenters. The first-order valence-electron chi connectivity index (χ1n) is 5.05. The Hall–Kier alpha value is -1.29. The van der Waals surface area contributed by atoms with Crippen molar-refractivity contribution in [2.24, 2.45) is 5.73 Å². The monoisotopic (exact) mass is 209 g/mol. The topological polar surface area (TPSA) is 65.5 Å². The molecule has 0 saturated carbocycles. The lowest BCUT2D eigenvalue weighted by Gasteiger charge is -2.28. The minimum Gasteiger partial charge on any atom is -0.467 e. The average molecular weight is 209 g/mol. The number of aryl methyl sites for hydroxylation is 2. The van der Waals surface area contributed by atoms with E-state index in [4.69, 9.17) is 14.9 Å². The minimum atomic E-state index is -1.09. The molecule has 0 bridgehead atoms. The molecule has 0 saturated heterocycles. The maximum absolute atomic E-state index is 11.7. The Morgan fingerprint density at radius 3 is 3.07 bits per heavy atom. The summed E-state index contributed by atoms with van der Waals surface area (Å²) in [6.07, 6.45) is 2.39. The van der Waals surface area contributed by atoms with Gasteiger partial charge in [-0.3, -0.25) is 0 Å². The fraction of sp³-hybridized carbons (Fsp3) is 0.545. The zero-order valence-corrected chi connectivity index (χ0v) is 9.00. The summed E-state index contributed by atoms with van der Waals surface area (Å²) in [4.78, 5) is 11.7. The number of esters is 1. The van der Waals surface area contributed by atoms with E-state index < -0.39 is 11.5 Å². The van der Waals surface area contributed by atoms with Gasteiger partial charge in [0.25, 0.3) is 0 Å². The van der Waals surface area contributed by atoms with Crippen LogP contribution >= 0.6 is 0 Å². The number of hydrogen-bond donors (Lipinski definition) is 1. The van der Waals surface area contributed by atoms with Gasteiger partial charge >= 0.3 is 5.97 Å². The van der Waals surface area contributed by atoms with Crippen LogP contribution in [-0.2, 0) is 21.5 Å². The lowest BCUT2D eigenvalue weighted by molar-refractivity contribution is -0.148. The molecule has 82 valence electrons. The molecule has 15 heavy (non-hydrogen) atoms. The number of ether oxygens (including phenoxy) is 1. The molecule has 2 rings (SSSR count). The third-order valence-corrected chi connectivity index (χ3v) is 2.90. The molecule has 4 heteroatoms. The summed E-state index contributed by atoms with van der Waals surface area (Å²) in [7, 11) is 1.35. The van der Waals surface area contributed by atoms with Crippen LogP contribution in [0.5, 0.6) is 0 Å². The van der Waals surface area contributed by atoms with Crippen molar-refractivity contribution < 1.29 is 13.9 Å². The quantitative estimate of drug-likeness (QED) is 0.707. The second-order valence-electron chi connectivity index (χ2n) is 4.03. The minimum absolute atomic E-state index is 0.419. The highest BCUT2D eigenvalue weighted by Gasteiger charge is 2.44. The van der Waals surface area contributed by atoms with E-state index in [1.807, 2.05) is 13.0 Å². The summed E-state index contributed by atoms with van der Waals surface area (Å²) in [6.45, 7) is 1.86. The van der Waals surface area contributed by atoms with Gasteiger partial charge in [-0.05, 0) is 37.8 Å². The van der Waals surface area contributed by atoms with E-state index in [0.29, 0.717) is 12.2 Å². The van der Waals surface area contributed by atoms with Crippen molar-refractivity contribution >= 4 is 5.97 Å². The standard InChI is InChI=1S/C11H15NO3/c1-7-6-8-4-3-5-11(12,9(8)15-7)10(13)14-2/h6H,3-5,12H2,1-2H3. The molecule has 0 amide bonds. The van der Waals surface area contributed by atoms with E-state index in [0.717, 1.165) is 24.2 Å². The van der Waals surface area contributed by atoms with Crippen LogP contribution in [0.15, 0.2) is 10.5 Å². The first-order valence-corrected chi connectivity index (χ1v) is 5.05. The van der Waals surface area contributed by atoms with Gasteiger partial charge in [0.1, 0.15) is 11.5 Å². The number of nitrogens with two attached hydrogens (primary N) is 1. The van der Waals surface area contributed by atoms with Gasteiger partial charge in [0, 0.05) is 0 Å². The largest absolute Gasteiger partial charge is 0.467 e. The van der Waals surface area contributed by atoms with Gasteiger partial charge in [-0.2, -0.15) is 0 Å². The number of rotatable bonds is 1. The van der Waals surface area contributed by atoms with Gasteiger partial charge in [-0.25, -0.2) is 4.79 Å². The number of hydrogen-bond acceptors (Lipinski definition) is 4. The van der Waals surface area contributed by atoms with E-state index in [2.05, 4.69) is 0 Å². The fourth-order valence-electron chi connectivity index (χ4n) is 2.18. The van der Waals surface area contributed by atoms with E-state index >= 15 is 0 Å². The van der Waals surface area contributed by atoms with Gasteiger partial charge < -0.3 is 14.9 Å². The zero-order chi connectivity index (χ0) is 11.1. The van der Waals surface area contributed by atoms with Gasteiger partial charge in [-0.15, -0.1) is 0 Å².